The van der Waals surface area contributed by atoms with E-state index in [2.05, 4.69) is 10.3 Å². The molecule has 26 heavy (non-hydrogen) atoms. The van der Waals surface area contributed by atoms with Crippen LogP contribution in [0.1, 0.15) is 31.2 Å². The maximum absolute atomic E-state index is 12.0. The van der Waals surface area contributed by atoms with E-state index >= 15 is 0 Å². The molecule has 7 heteroatoms. The molecule has 0 bridgehead atoms. The number of hydrogen-bond donors (Lipinski definition) is 1. The van der Waals surface area contributed by atoms with Gasteiger partial charge in [0.05, 0.1) is 7.11 Å². The quantitative estimate of drug-likeness (QED) is 0.283. The Morgan fingerprint density at radius 2 is 2.08 bits per heavy atom. The fourth-order valence-electron chi connectivity index (χ4n) is 2.55. The highest BCUT2D eigenvalue weighted by atomic mass is 16.6. The molecule has 0 aromatic heterocycles. The molecular formula is C19H25N3O4. The molecule has 7 nitrogen and oxygen atoms in total. The van der Waals surface area contributed by atoms with Crippen LogP contribution in [0.15, 0.2) is 41.2 Å². The van der Waals surface area contributed by atoms with Gasteiger partial charge in [-0.15, -0.1) is 0 Å². The van der Waals surface area contributed by atoms with Crippen LogP contribution in [0.2, 0.25) is 0 Å². The molecule has 0 saturated heterocycles. The number of rotatable bonds is 11. The highest BCUT2D eigenvalue weighted by molar-refractivity contribution is 6.11. The van der Waals surface area contributed by atoms with Crippen LogP contribution in [0, 0.1) is 0 Å². The zero-order chi connectivity index (χ0) is 18.8. The number of unbranched alkanes of at least 4 members (excludes halogenated alkanes) is 3. The van der Waals surface area contributed by atoms with Gasteiger partial charge in [0.25, 0.3) is 0 Å². The molecule has 0 atom stereocenters. The van der Waals surface area contributed by atoms with E-state index in [1.165, 1.54) is 0 Å². The summed E-state index contributed by atoms with van der Waals surface area (Å²) in [5, 5.41) is 2.65. The largest absolute Gasteiger partial charge is 0.497 e. The average Bonchev–Trinajstić information content (AvgIpc) is 3.01. The highest BCUT2D eigenvalue weighted by Gasteiger charge is 2.24. The van der Waals surface area contributed by atoms with Crippen molar-refractivity contribution < 1.29 is 19.1 Å². The summed E-state index contributed by atoms with van der Waals surface area (Å²) >= 11 is 0. The average molecular weight is 359 g/mol. The molecule has 0 spiro atoms. The Balaban J connectivity index is 1.85. The number of carbonyl (C=O) groups is 2. The summed E-state index contributed by atoms with van der Waals surface area (Å²) in [6.07, 6.45) is 6.54. The summed E-state index contributed by atoms with van der Waals surface area (Å²) in [7, 11) is 3.49. The summed E-state index contributed by atoms with van der Waals surface area (Å²) in [5.41, 5.74) is 0.994. The van der Waals surface area contributed by atoms with Gasteiger partial charge in [-0.2, -0.15) is 0 Å². The first-order valence-electron chi connectivity index (χ1n) is 8.68. The van der Waals surface area contributed by atoms with Gasteiger partial charge in [0.1, 0.15) is 5.75 Å². The number of nitrogens with zero attached hydrogens (tertiary/aromatic N) is 2. The minimum absolute atomic E-state index is 0.288. The van der Waals surface area contributed by atoms with Crippen LogP contribution in [-0.4, -0.2) is 50.4 Å². The number of carbonyl (C=O) groups excluding carboxylic acids is 2. The monoisotopic (exact) mass is 359 g/mol. The van der Waals surface area contributed by atoms with Crippen molar-refractivity contribution in [2.24, 2.45) is 4.99 Å². The normalized spacial score (nSPS) is 14.8. The lowest BCUT2D eigenvalue weighted by Gasteiger charge is -2.13. The van der Waals surface area contributed by atoms with Crippen LogP contribution in [0.25, 0.3) is 0 Å². The summed E-state index contributed by atoms with van der Waals surface area (Å²) in [6.45, 7) is 1.54. The van der Waals surface area contributed by atoms with E-state index in [0.717, 1.165) is 45.2 Å². The van der Waals surface area contributed by atoms with Crippen LogP contribution >= 0.6 is 0 Å². The molecule has 1 aromatic rings. The number of ether oxygens (including phenoxy) is 2. The first-order valence-corrected chi connectivity index (χ1v) is 8.68. The van der Waals surface area contributed by atoms with E-state index in [0.29, 0.717) is 17.0 Å². The first kappa shape index (κ1) is 19.5. The van der Waals surface area contributed by atoms with E-state index < -0.39 is 5.97 Å². The Morgan fingerprint density at radius 3 is 2.85 bits per heavy atom. The van der Waals surface area contributed by atoms with E-state index in [-0.39, 0.29) is 5.90 Å². The lowest BCUT2D eigenvalue weighted by Crippen LogP contribution is -2.15. The van der Waals surface area contributed by atoms with Gasteiger partial charge in [0, 0.05) is 31.9 Å². The SMILES string of the molecule is COc1cccc(C2=NC(=CN(C)CCCCCCNC=O)C(=O)O2)c1. The zero-order valence-electron chi connectivity index (χ0n) is 15.2. The summed E-state index contributed by atoms with van der Waals surface area (Å²) in [6, 6.07) is 7.24. The Hall–Kier alpha value is -2.83. The van der Waals surface area contributed by atoms with Crippen molar-refractivity contribution >= 4 is 18.3 Å². The second kappa shape index (κ2) is 10.2. The minimum Gasteiger partial charge on any atom is -0.497 e. The molecule has 0 saturated carbocycles. The number of benzene rings is 1. The third-order valence-electron chi connectivity index (χ3n) is 3.95. The lowest BCUT2D eigenvalue weighted by molar-refractivity contribution is -0.130. The number of nitrogens with one attached hydrogen (secondary N) is 1. The van der Waals surface area contributed by atoms with E-state index in [1.807, 2.05) is 30.1 Å². The molecule has 1 N–H and O–H groups in total. The molecule has 1 amide bonds. The standard InChI is InChI=1S/C19H25N3O4/c1-22(11-6-4-3-5-10-20-14-23)13-17-19(24)26-18(21-17)15-8-7-9-16(12-15)25-2/h7-9,12-14H,3-6,10-11H2,1-2H3,(H,20,23). The Morgan fingerprint density at radius 1 is 1.27 bits per heavy atom. The highest BCUT2D eigenvalue weighted by Crippen LogP contribution is 2.20. The van der Waals surface area contributed by atoms with Crippen LogP contribution in [0.5, 0.6) is 5.75 Å². The van der Waals surface area contributed by atoms with Gasteiger partial charge in [-0.25, -0.2) is 9.79 Å². The number of cyclic esters (lactones) is 1. The Labute approximate surface area is 153 Å². The van der Waals surface area contributed by atoms with Gasteiger partial charge in [-0.1, -0.05) is 18.9 Å². The summed E-state index contributed by atoms with van der Waals surface area (Å²) in [5.74, 6) is 0.518. The van der Waals surface area contributed by atoms with Crippen LogP contribution in [0.3, 0.4) is 0 Å². The maximum atomic E-state index is 12.0. The molecule has 1 heterocycles. The first-order chi connectivity index (χ1) is 12.6. The van der Waals surface area contributed by atoms with E-state index in [1.54, 1.807) is 19.4 Å². The predicted octanol–water partition coefficient (Wildman–Crippen LogP) is 2.08. The van der Waals surface area contributed by atoms with Crippen molar-refractivity contribution in [1.82, 2.24) is 10.2 Å². The minimum atomic E-state index is -0.449. The van der Waals surface area contributed by atoms with E-state index in [4.69, 9.17) is 9.47 Å². The molecule has 0 radical (unpaired) electrons. The van der Waals surface area contributed by atoms with Gasteiger partial charge in [0.2, 0.25) is 12.3 Å². The fraction of sp³-hybridized carbons (Fsp3) is 0.421. The van der Waals surface area contributed by atoms with Gasteiger partial charge >= 0.3 is 5.97 Å². The molecular weight excluding hydrogens is 334 g/mol. The van der Waals surface area contributed by atoms with Crippen LogP contribution in [-0.2, 0) is 14.3 Å². The Kier molecular flexibility index (Phi) is 7.67. The molecule has 2 rings (SSSR count). The number of hydrogen-bond acceptors (Lipinski definition) is 6. The van der Waals surface area contributed by atoms with Crippen LogP contribution in [0.4, 0.5) is 0 Å². The molecule has 1 aromatic carbocycles. The second-order valence-electron chi connectivity index (χ2n) is 6.02. The van der Waals surface area contributed by atoms with Gasteiger partial charge in [-0.05, 0) is 31.0 Å². The van der Waals surface area contributed by atoms with Crippen molar-refractivity contribution in [2.45, 2.75) is 25.7 Å². The van der Waals surface area contributed by atoms with E-state index in [9.17, 15) is 9.59 Å². The molecule has 1 aliphatic rings. The van der Waals surface area contributed by atoms with Crippen LogP contribution < -0.4 is 10.1 Å². The molecule has 0 unspecified atom stereocenters. The van der Waals surface area contributed by atoms with Crippen molar-refractivity contribution in [2.75, 3.05) is 27.2 Å². The maximum Gasteiger partial charge on any atom is 0.365 e. The molecule has 1 aliphatic heterocycles. The number of amides is 1. The van der Waals surface area contributed by atoms with Gasteiger partial charge < -0.3 is 19.7 Å². The van der Waals surface area contributed by atoms with Gasteiger partial charge in [-0.3, -0.25) is 4.79 Å². The third-order valence-corrected chi connectivity index (χ3v) is 3.95. The Bertz CT molecular complexity index is 685. The number of methoxy groups -OCH3 is 1. The fourth-order valence-corrected chi connectivity index (χ4v) is 2.55. The molecule has 0 aliphatic carbocycles. The van der Waals surface area contributed by atoms with Crippen molar-refractivity contribution in [1.29, 1.82) is 0 Å². The van der Waals surface area contributed by atoms with Crippen molar-refractivity contribution in [3.8, 4) is 5.75 Å². The van der Waals surface area contributed by atoms with Crippen molar-refractivity contribution in [3.05, 3.63) is 41.7 Å². The number of esters is 1. The topological polar surface area (TPSA) is 80.2 Å². The third kappa shape index (κ3) is 5.91. The molecule has 140 valence electrons. The zero-order valence-corrected chi connectivity index (χ0v) is 15.2. The number of aliphatic imine (C=N–C) groups is 1. The lowest BCUT2D eigenvalue weighted by atomic mass is 10.2. The molecule has 0 fully saturated rings. The summed E-state index contributed by atoms with van der Waals surface area (Å²) < 4.78 is 10.4. The second-order valence-corrected chi connectivity index (χ2v) is 6.02. The van der Waals surface area contributed by atoms with Gasteiger partial charge in [0.15, 0.2) is 5.70 Å². The van der Waals surface area contributed by atoms with Crippen molar-refractivity contribution in [3.63, 3.8) is 0 Å². The predicted molar refractivity (Wildman–Crippen MR) is 98.9 cm³/mol. The summed E-state index contributed by atoms with van der Waals surface area (Å²) in [4.78, 5) is 28.4. The smallest absolute Gasteiger partial charge is 0.365 e.